The van der Waals surface area contributed by atoms with Gasteiger partial charge in [-0.15, -0.1) is 11.3 Å². The molecule has 0 spiro atoms. The molecule has 1 aromatic heterocycles. The van der Waals surface area contributed by atoms with E-state index < -0.39 is 10.0 Å². The van der Waals surface area contributed by atoms with E-state index in [0.717, 1.165) is 26.9 Å². The molecule has 3 aromatic rings. The minimum absolute atomic E-state index is 0.111. The Labute approximate surface area is 181 Å². The van der Waals surface area contributed by atoms with Crippen LogP contribution in [0.5, 0.6) is 0 Å². The number of allylic oxidation sites excluding steroid dienone is 1. The number of nitriles is 1. The van der Waals surface area contributed by atoms with Gasteiger partial charge < -0.3 is 9.64 Å². The van der Waals surface area contributed by atoms with Crippen LogP contribution in [0.15, 0.2) is 53.4 Å². The Morgan fingerprint density at radius 1 is 1.17 bits per heavy atom. The molecule has 0 aliphatic carbocycles. The minimum Gasteiger partial charge on any atom is -0.383 e. The summed E-state index contributed by atoms with van der Waals surface area (Å²) in [5.74, 6) is 0. The zero-order valence-electron chi connectivity index (χ0n) is 17.0. The summed E-state index contributed by atoms with van der Waals surface area (Å²) < 4.78 is 31.8. The molecular formula is C22H23N3O3S2. The van der Waals surface area contributed by atoms with Crippen LogP contribution in [0.3, 0.4) is 0 Å². The van der Waals surface area contributed by atoms with E-state index in [4.69, 9.17) is 4.74 Å². The predicted octanol–water partition coefficient (Wildman–Crippen LogP) is 4.06. The Balaban J connectivity index is 1.87. The van der Waals surface area contributed by atoms with E-state index in [-0.39, 0.29) is 18.1 Å². The van der Waals surface area contributed by atoms with Crippen molar-refractivity contribution in [1.29, 1.82) is 5.26 Å². The highest BCUT2D eigenvalue weighted by Crippen LogP contribution is 2.32. The molecule has 0 saturated heterocycles. The summed E-state index contributed by atoms with van der Waals surface area (Å²) in [5.41, 5.74) is 2.19. The van der Waals surface area contributed by atoms with Gasteiger partial charge in [0.2, 0.25) is 0 Å². The number of rotatable bonds is 8. The fourth-order valence-corrected chi connectivity index (χ4v) is 4.84. The van der Waals surface area contributed by atoms with Crippen molar-refractivity contribution in [3.8, 4) is 16.5 Å². The van der Waals surface area contributed by atoms with Gasteiger partial charge in [0.25, 0.3) is 10.0 Å². The Morgan fingerprint density at radius 2 is 1.90 bits per heavy atom. The highest BCUT2D eigenvalue weighted by molar-refractivity contribution is 7.93. The number of nitrogens with one attached hydrogen (secondary N) is 1. The molecule has 8 heteroatoms. The molecule has 0 aliphatic rings. The Kier molecular flexibility index (Phi) is 6.90. The van der Waals surface area contributed by atoms with Crippen molar-refractivity contribution in [1.82, 2.24) is 4.72 Å². The highest BCUT2D eigenvalue weighted by atomic mass is 32.2. The van der Waals surface area contributed by atoms with E-state index in [0.29, 0.717) is 4.88 Å². The van der Waals surface area contributed by atoms with Crippen molar-refractivity contribution >= 4 is 43.9 Å². The van der Waals surface area contributed by atoms with Crippen LogP contribution in [0.4, 0.5) is 5.69 Å². The number of ether oxygens (including phenoxy) is 1. The average Bonchev–Trinajstić information content (AvgIpc) is 3.19. The van der Waals surface area contributed by atoms with E-state index in [1.165, 1.54) is 24.5 Å². The Hall–Kier alpha value is -2.70. The number of methoxy groups -OCH3 is 1. The van der Waals surface area contributed by atoms with Gasteiger partial charge in [0.1, 0.15) is 6.07 Å². The number of sulfonamides is 1. The molecule has 0 aliphatic heterocycles. The van der Waals surface area contributed by atoms with Crippen LogP contribution in [0.1, 0.15) is 4.88 Å². The van der Waals surface area contributed by atoms with E-state index in [2.05, 4.69) is 46.0 Å². The summed E-state index contributed by atoms with van der Waals surface area (Å²) in [4.78, 5) is 3.45. The maximum Gasteiger partial charge on any atom is 0.250 e. The van der Waals surface area contributed by atoms with Gasteiger partial charge in [-0.05, 0) is 52.7 Å². The van der Waals surface area contributed by atoms with Gasteiger partial charge in [0.15, 0.2) is 4.91 Å². The van der Waals surface area contributed by atoms with E-state index in [1.807, 2.05) is 26.2 Å². The first-order valence-electron chi connectivity index (χ1n) is 9.26. The maximum atomic E-state index is 12.3. The number of thiophene rings is 1. The van der Waals surface area contributed by atoms with Crippen LogP contribution in [0.2, 0.25) is 0 Å². The number of anilines is 1. The number of fused-ring (bicyclic) bond motifs is 1. The quantitative estimate of drug-likeness (QED) is 0.421. The second kappa shape index (κ2) is 9.41. The first-order chi connectivity index (χ1) is 14.3. The third kappa shape index (κ3) is 5.07. The van der Waals surface area contributed by atoms with Crippen LogP contribution in [0.25, 0.3) is 27.3 Å². The largest absolute Gasteiger partial charge is 0.383 e. The predicted molar refractivity (Wildman–Crippen MR) is 124 cm³/mol. The number of hydrogen-bond donors (Lipinski definition) is 1. The van der Waals surface area contributed by atoms with Crippen molar-refractivity contribution in [2.24, 2.45) is 0 Å². The maximum absolute atomic E-state index is 12.3. The summed E-state index contributed by atoms with van der Waals surface area (Å²) in [7, 11) is 1.64. The van der Waals surface area contributed by atoms with E-state index >= 15 is 0 Å². The number of hydrogen-bond acceptors (Lipinski definition) is 6. The second-order valence-electron chi connectivity index (χ2n) is 6.85. The molecule has 0 unspecified atom stereocenters. The standard InChI is InChI=1S/C22H23N3O3S2/c1-25(2)19-7-6-16-12-18(5-4-17(16)13-19)22-9-8-20(29-22)14-21(15-23)30(26,27)24-10-11-28-3/h4-9,12-14,24H,10-11H2,1-3H3/b21-14+. The van der Waals surface area contributed by atoms with E-state index in [1.54, 1.807) is 6.07 Å². The van der Waals surface area contributed by atoms with Gasteiger partial charge in [0, 0.05) is 43.2 Å². The molecule has 156 valence electrons. The molecular weight excluding hydrogens is 418 g/mol. The van der Waals surface area contributed by atoms with Gasteiger partial charge >= 0.3 is 0 Å². The van der Waals surface area contributed by atoms with Gasteiger partial charge in [0.05, 0.1) is 6.61 Å². The number of benzene rings is 2. The summed E-state index contributed by atoms with van der Waals surface area (Å²) in [6, 6.07) is 18.1. The molecule has 0 amide bonds. The fourth-order valence-electron chi connectivity index (χ4n) is 2.91. The first-order valence-corrected chi connectivity index (χ1v) is 11.6. The lowest BCUT2D eigenvalue weighted by atomic mass is 10.1. The van der Waals surface area contributed by atoms with E-state index in [9.17, 15) is 13.7 Å². The van der Waals surface area contributed by atoms with Gasteiger partial charge in [-0.2, -0.15) is 5.26 Å². The van der Waals surface area contributed by atoms with Gasteiger partial charge in [-0.3, -0.25) is 0 Å². The fraction of sp³-hybridized carbons (Fsp3) is 0.227. The summed E-state index contributed by atoms with van der Waals surface area (Å²) in [6.07, 6.45) is 1.40. The number of nitrogens with zero attached hydrogens (tertiary/aromatic N) is 2. The van der Waals surface area contributed by atoms with Crippen molar-refractivity contribution in [3.63, 3.8) is 0 Å². The third-order valence-corrected chi connectivity index (χ3v) is 6.98. The lowest BCUT2D eigenvalue weighted by molar-refractivity contribution is 0.204. The Morgan fingerprint density at radius 3 is 2.60 bits per heavy atom. The molecule has 0 saturated carbocycles. The molecule has 0 fully saturated rings. The minimum atomic E-state index is -3.87. The highest BCUT2D eigenvalue weighted by Gasteiger charge is 2.17. The lowest BCUT2D eigenvalue weighted by Gasteiger charge is -2.13. The smallest absolute Gasteiger partial charge is 0.250 e. The topological polar surface area (TPSA) is 82.4 Å². The molecule has 3 rings (SSSR count). The summed E-state index contributed by atoms with van der Waals surface area (Å²) >= 11 is 1.44. The zero-order valence-corrected chi connectivity index (χ0v) is 18.7. The normalized spacial score (nSPS) is 12.1. The monoisotopic (exact) mass is 441 g/mol. The third-order valence-electron chi connectivity index (χ3n) is 4.52. The van der Waals surface area contributed by atoms with Crippen LogP contribution >= 0.6 is 11.3 Å². The molecule has 1 N–H and O–H groups in total. The molecule has 6 nitrogen and oxygen atoms in total. The molecule has 0 atom stereocenters. The van der Waals surface area contributed by atoms with Crippen LogP contribution in [-0.2, 0) is 14.8 Å². The van der Waals surface area contributed by atoms with Gasteiger partial charge in [-0.1, -0.05) is 18.2 Å². The van der Waals surface area contributed by atoms with Gasteiger partial charge in [-0.25, -0.2) is 13.1 Å². The lowest BCUT2D eigenvalue weighted by Crippen LogP contribution is -2.27. The molecule has 0 radical (unpaired) electrons. The van der Waals surface area contributed by atoms with Crippen LogP contribution < -0.4 is 9.62 Å². The van der Waals surface area contributed by atoms with Crippen molar-refractivity contribution < 1.29 is 13.2 Å². The SMILES string of the molecule is COCCNS(=O)(=O)/C(C#N)=C/c1ccc(-c2ccc3cc(N(C)C)ccc3c2)s1. The molecule has 30 heavy (non-hydrogen) atoms. The zero-order chi connectivity index (χ0) is 21.7. The molecule has 2 aromatic carbocycles. The van der Waals surface area contributed by atoms with Crippen LogP contribution in [0, 0.1) is 11.3 Å². The average molecular weight is 442 g/mol. The molecule has 0 bridgehead atoms. The summed E-state index contributed by atoms with van der Waals surface area (Å²) in [5, 5.41) is 11.6. The van der Waals surface area contributed by atoms with Crippen molar-refractivity contribution in [2.45, 2.75) is 0 Å². The first kappa shape index (κ1) is 22.0. The van der Waals surface area contributed by atoms with Crippen molar-refractivity contribution in [2.75, 3.05) is 39.3 Å². The summed E-state index contributed by atoms with van der Waals surface area (Å²) in [6.45, 7) is 0.346. The Bertz CT molecular complexity index is 1220. The van der Waals surface area contributed by atoms with Crippen molar-refractivity contribution in [3.05, 3.63) is 58.3 Å². The molecule has 1 heterocycles. The second-order valence-corrected chi connectivity index (χ2v) is 9.70. The van der Waals surface area contributed by atoms with Crippen LogP contribution in [-0.4, -0.2) is 42.8 Å².